The van der Waals surface area contributed by atoms with E-state index in [0.717, 1.165) is 18.4 Å². The third-order valence-electron chi connectivity index (χ3n) is 2.83. The molecule has 70 valence electrons. The molecule has 0 saturated heterocycles. The van der Waals surface area contributed by atoms with E-state index in [-0.39, 0.29) is 0 Å². The number of hydrogen-bond donors (Lipinski definition) is 2. The van der Waals surface area contributed by atoms with Crippen LogP contribution in [0, 0.1) is 0 Å². The SMILES string of the molecule is CN[C@H]1CCCc2c(O)cccc21. The van der Waals surface area contributed by atoms with Gasteiger partial charge in [0.05, 0.1) is 0 Å². The number of nitrogens with one attached hydrogen (secondary N) is 1. The third kappa shape index (κ3) is 1.42. The fourth-order valence-electron chi connectivity index (χ4n) is 2.13. The lowest BCUT2D eigenvalue weighted by molar-refractivity contribution is 0.443. The van der Waals surface area contributed by atoms with Crippen molar-refractivity contribution < 1.29 is 5.11 Å². The van der Waals surface area contributed by atoms with E-state index in [2.05, 4.69) is 11.4 Å². The zero-order chi connectivity index (χ0) is 9.26. The fourth-order valence-corrected chi connectivity index (χ4v) is 2.13. The van der Waals surface area contributed by atoms with Gasteiger partial charge in [0.1, 0.15) is 5.75 Å². The minimum absolute atomic E-state index is 0.427. The molecule has 0 aliphatic heterocycles. The smallest absolute Gasteiger partial charge is 0.119 e. The average molecular weight is 177 g/mol. The van der Waals surface area contributed by atoms with E-state index in [1.807, 2.05) is 13.1 Å². The summed E-state index contributed by atoms with van der Waals surface area (Å²) in [7, 11) is 1.98. The molecule has 2 nitrogen and oxygen atoms in total. The van der Waals surface area contributed by atoms with Crippen molar-refractivity contribution in [2.45, 2.75) is 25.3 Å². The van der Waals surface area contributed by atoms with E-state index < -0.39 is 0 Å². The average Bonchev–Trinajstić information content (AvgIpc) is 2.18. The van der Waals surface area contributed by atoms with Crippen LogP contribution in [-0.4, -0.2) is 12.2 Å². The van der Waals surface area contributed by atoms with Crippen molar-refractivity contribution in [1.29, 1.82) is 0 Å². The number of fused-ring (bicyclic) bond motifs is 1. The molecular formula is C11H15NO. The second-order valence-electron chi connectivity index (χ2n) is 3.58. The largest absolute Gasteiger partial charge is 0.508 e. The van der Waals surface area contributed by atoms with Crippen LogP contribution in [0.15, 0.2) is 18.2 Å². The maximum atomic E-state index is 9.64. The van der Waals surface area contributed by atoms with Crippen molar-refractivity contribution in [1.82, 2.24) is 5.32 Å². The van der Waals surface area contributed by atoms with Crippen LogP contribution in [0.2, 0.25) is 0 Å². The molecule has 0 radical (unpaired) electrons. The number of benzene rings is 1. The summed E-state index contributed by atoms with van der Waals surface area (Å²) in [6.07, 6.45) is 3.35. The van der Waals surface area contributed by atoms with E-state index in [4.69, 9.17) is 0 Å². The molecule has 0 fully saturated rings. The van der Waals surface area contributed by atoms with Crippen LogP contribution < -0.4 is 5.32 Å². The Morgan fingerprint density at radius 2 is 2.31 bits per heavy atom. The van der Waals surface area contributed by atoms with Crippen molar-refractivity contribution in [2.24, 2.45) is 0 Å². The van der Waals surface area contributed by atoms with Gasteiger partial charge < -0.3 is 10.4 Å². The highest BCUT2D eigenvalue weighted by atomic mass is 16.3. The van der Waals surface area contributed by atoms with E-state index in [9.17, 15) is 5.11 Å². The molecule has 1 aliphatic rings. The molecule has 1 atom stereocenters. The first kappa shape index (κ1) is 8.57. The molecule has 2 N–H and O–H groups in total. The lowest BCUT2D eigenvalue weighted by Crippen LogP contribution is -2.21. The van der Waals surface area contributed by atoms with Crippen LogP contribution in [0.3, 0.4) is 0 Å². The minimum atomic E-state index is 0.427. The molecule has 0 saturated carbocycles. The highest BCUT2D eigenvalue weighted by molar-refractivity contribution is 5.42. The Bertz CT molecular complexity index is 309. The number of phenolic OH excluding ortho intramolecular Hbond substituents is 1. The third-order valence-corrected chi connectivity index (χ3v) is 2.83. The van der Waals surface area contributed by atoms with Crippen LogP contribution in [0.4, 0.5) is 0 Å². The standard InChI is InChI=1S/C11H15NO/c1-12-10-6-2-5-9-8(10)4-3-7-11(9)13/h3-4,7,10,12-13H,2,5-6H2,1H3/t10-/m0/s1. The maximum Gasteiger partial charge on any atom is 0.119 e. The van der Waals surface area contributed by atoms with Crippen molar-refractivity contribution in [3.63, 3.8) is 0 Å². The summed E-state index contributed by atoms with van der Waals surface area (Å²) in [5.41, 5.74) is 2.40. The van der Waals surface area contributed by atoms with Crippen LogP contribution in [0.1, 0.15) is 30.0 Å². The van der Waals surface area contributed by atoms with Gasteiger partial charge in [0.15, 0.2) is 0 Å². The van der Waals surface area contributed by atoms with Crippen LogP contribution in [0.25, 0.3) is 0 Å². The monoisotopic (exact) mass is 177 g/mol. The normalized spacial score (nSPS) is 21.2. The van der Waals surface area contributed by atoms with E-state index >= 15 is 0 Å². The first-order chi connectivity index (χ1) is 6.33. The molecule has 2 rings (SSSR count). The summed E-state index contributed by atoms with van der Waals surface area (Å²) in [5.74, 6) is 0.456. The summed E-state index contributed by atoms with van der Waals surface area (Å²) in [6.45, 7) is 0. The van der Waals surface area contributed by atoms with Gasteiger partial charge >= 0.3 is 0 Å². The van der Waals surface area contributed by atoms with Gasteiger partial charge in [-0.3, -0.25) is 0 Å². The molecule has 1 aliphatic carbocycles. The van der Waals surface area contributed by atoms with Gasteiger partial charge in [-0.05, 0) is 43.5 Å². The molecule has 1 aromatic rings. The first-order valence-electron chi connectivity index (χ1n) is 4.81. The lowest BCUT2D eigenvalue weighted by atomic mass is 9.87. The highest BCUT2D eigenvalue weighted by Gasteiger charge is 2.20. The van der Waals surface area contributed by atoms with Gasteiger partial charge in [-0.1, -0.05) is 12.1 Å². The Morgan fingerprint density at radius 1 is 1.46 bits per heavy atom. The van der Waals surface area contributed by atoms with Crippen molar-refractivity contribution in [3.05, 3.63) is 29.3 Å². The number of rotatable bonds is 1. The zero-order valence-electron chi connectivity index (χ0n) is 7.88. The summed E-state index contributed by atoms with van der Waals surface area (Å²) in [4.78, 5) is 0. The molecule has 0 unspecified atom stereocenters. The zero-order valence-corrected chi connectivity index (χ0v) is 7.88. The Hall–Kier alpha value is -1.02. The molecular weight excluding hydrogens is 162 g/mol. The predicted octanol–water partition coefficient (Wildman–Crippen LogP) is 1.99. The topological polar surface area (TPSA) is 32.3 Å². The van der Waals surface area contributed by atoms with E-state index in [0.29, 0.717) is 11.8 Å². The van der Waals surface area contributed by atoms with Crippen LogP contribution in [0.5, 0.6) is 5.75 Å². The van der Waals surface area contributed by atoms with Gasteiger partial charge in [0.25, 0.3) is 0 Å². The number of aromatic hydroxyl groups is 1. The van der Waals surface area contributed by atoms with Gasteiger partial charge in [-0.2, -0.15) is 0 Å². The van der Waals surface area contributed by atoms with Gasteiger partial charge in [0.2, 0.25) is 0 Å². The highest BCUT2D eigenvalue weighted by Crippen LogP contribution is 2.34. The lowest BCUT2D eigenvalue weighted by Gasteiger charge is -2.25. The number of phenols is 1. The molecule has 0 spiro atoms. The maximum absolute atomic E-state index is 9.64. The molecule has 0 bridgehead atoms. The molecule has 1 aromatic carbocycles. The Balaban J connectivity index is 2.45. The molecule has 13 heavy (non-hydrogen) atoms. The summed E-state index contributed by atoms with van der Waals surface area (Å²) >= 11 is 0. The second kappa shape index (κ2) is 3.38. The molecule has 0 amide bonds. The van der Waals surface area contributed by atoms with Crippen molar-refractivity contribution in [3.8, 4) is 5.75 Å². The van der Waals surface area contributed by atoms with Crippen molar-refractivity contribution in [2.75, 3.05) is 7.05 Å². The first-order valence-corrected chi connectivity index (χ1v) is 4.81. The van der Waals surface area contributed by atoms with E-state index in [1.54, 1.807) is 6.07 Å². The molecule has 2 heteroatoms. The fraction of sp³-hybridized carbons (Fsp3) is 0.455. The van der Waals surface area contributed by atoms with Gasteiger partial charge in [0, 0.05) is 6.04 Å². The van der Waals surface area contributed by atoms with Crippen molar-refractivity contribution >= 4 is 0 Å². The summed E-state index contributed by atoms with van der Waals surface area (Å²) in [6, 6.07) is 6.23. The predicted molar refractivity (Wildman–Crippen MR) is 52.8 cm³/mol. The summed E-state index contributed by atoms with van der Waals surface area (Å²) < 4.78 is 0. The van der Waals surface area contributed by atoms with Crippen LogP contribution in [-0.2, 0) is 6.42 Å². The number of hydrogen-bond acceptors (Lipinski definition) is 2. The Kier molecular flexibility index (Phi) is 2.23. The summed E-state index contributed by atoms with van der Waals surface area (Å²) in [5, 5.41) is 12.9. The van der Waals surface area contributed by atoms with Gasteiger partial charge in [-0.25, -0.2) is 0 Å². The second-order valence-corrected chi connectivity index (χ2v) is 3.58. The Labute approximate surface area is 78.6 Å². The van der Waals surface area contributed by atoms with Gasteiger partial charge in [-0.15, -0.1) is 0 Å². The quantitative estimate of drug-likeness (QED) is 0.687. The molecule has 0 heterocycles. The van der Waals surface area contributed by atoms with E-state index in [1.165, 1.54) is 12.0 Å². The minimum Gasteiger partial charge on any atom is -0.508 e. The molecule has 0 aromatic heterocycles. The Morgan fingerprint density at radius 3 is 3.08 bits per heavy atom. The van der Waals surface area contributed by atoms with Crippen LogP contribution >= 0.6 is 0 Å².